The molecule has 0 amide bonds. The minimum absolute atomic E-state index is 0.242. The van der Waals surface area contributed by atoms with E-state index in [1.54, 1.807) is 6.92 Å². The number of hydrogen-bond donors (Lipinski definition) is 0. The first-order valence-corrected chi connectivity index (χ1v) is 5.31. The largest absolute Gasteiger partial charge is 0.300 e. The maximum Gasteiger partial charge on any atom is 0.133 e. The van der Waals surface area contributed by atoms with Crippen molar-refractivity contribution in [2.24, 2.45) is 5.41 Å². The predicted octanol–water partition coefficient (Wildman–Crippen LogP) is 3.66. The molecule has 0 bridgehead atoms. The zero-order valence-corrected chi connectivity index (χ0v) is 9.68. The quantitative estimate of drug-likeness (QED) is 0.652. The van der Waals surface area contributed by atoms with Gasteiger partial charge in [0.2, 0.25) is 0 Å². The SMILES string of the molecule is CC(=O)C/C=C1\C(C)=CCCC1(C)C. The van der Waals surface area contributed by atoms with E-state index >= 15 is 0 Å². The summed E-state index contributed by atoms with van der Waals surface area (Å²) >= 11 is 0. The predicted molar refractivity (Wildman–Crippen MR) is 60.2 cm³/mol. The molecule has 0 unspecified atom stereocenters. The lowest BCUT2D eigenvalue weighted by molar-refractivity contribution is -0.116. The number of Topliss-reactive ketones (excluding diaryl/α,β-unsaturated/α-hetero) is 1. The van der Waals surface area contributed by atoms with E-state index in [0.29, 0.717) is 6.42 Å². The van der Waals surface area contributed by atoms with Crippen molar-refractivity contribution in [1.82, 2.24) is 0 Å². The molecule has 0 radical (unpaired) electrons. The Balaban J connectivity index is 2.91. The van der Waals surface area contributed by atoms with Gasteiger partial charge >= 0.3 is 0 Å². The fraction of sp³-hybridized carbons (Fsp3) is 0.615. The zero-order chi connectivity index (χ0) is 10.8. The summed E-state index contributed by atoms with van der Waals surface area (Å²) in [5.74, 6) is 0.242. The molecule has 1 aliphatic carbocycles. The van der Waals surface area contributed by atoms with Crippen molar-refractivity contribution < 1.29 is 4.79 Å². The highest BCUT2D eigenvalue weighted by atomic mass is 16.1. The number of carbonyl (C=O) groups excluding carboxylic acids is 1. The molecular formula is C13H20O. The minimum atomic E-state index is 0.242. The van der Waals surface area contributed by atoms with Gasteiger partial charge in [0.25, 0.3) is 0 Å². The number of rotatable bonds is 2. The van der Waals surface area contributed by atoms with Crippen molar-refractivity contribution in [3.05, 3.63) is 23.3 Å². The van der Waals surface area contributed by atoms with Gasteiger partial charge in [-0.1, -0.05) is 31.6 Å². The fourth-order valence-electron chi connectivity index (χ4n) is 2.11. The lowest BCUT2D eigenvalue weighted by Crippen LogP contribution is -2.19. The monoisotopic (exact) mass is 192 g/mol. The van der Waals surface area contributed by atoms with Crippen LogP contribution in [-0.2, 0) is 4.79 Å². The molecule has 0 aromatic rings. The van der Waals surface area contributed by atoms with Crippen molar-refractivity contribution in [2.75, 3.05) is 0 Å². The fourth-order valence-corrected chi connectivity index (χ4v) is 2.11. The normalized spacial score (nSPS) is 23.4. The van der Waals surface area contributed by atoms with Crippen LogP contribution in [-0.4, -0.2) is 5.78 Å². The summed E-state index contributed by atoms with van der Waals surface area (Å²) in [5.41, 5.74) is 2.95. The van der Waals surface area contributed by atoms with Crippen LogP contribution in [0.4, 0.5) is 0 Å². The number of carbonyl (C=O) groups is 1. The Morgan fingerprint density at radius 2 is 2.21 bits per heavy atom. The molecule has 0 aliphatic heterocycles. The maximum atomic E-state index is 10.9. The third kappa shape index (κ3) is 2.57. The smallest absolute Gasteiger partial charge is 0.133 e. The van der Waals surface area contributed by atoms with Crippen molar-refractivity contribution in [3.63, 3.8) is 0 Å². The second-order valence-electron chi connectivity index (χ2n) is 4.83. The highest BCUT2D eigenvalue weighted by Crippen LogP contribution is 2.40. The first-order chi connectivity index (χ1) is 6.43. The number of allylic oxidation sites excluding steroid dienone is 4. The average molecular weight is 192 g/mol. The van der Waals surface area contributed by atoms with Gasteiger partial charge in [-0.05, 0) is 37.7 Å². The lowest BCUT2D eigenvalue weighted by atomic mass is 9.73. The van der Waals surface area contributed by atoms with Gasteiger partial charge in [0.05, 0.1) is 0 Å². The summed E-state index contributed by atoms with van der Waals surface area (Å²) in [4.78, 5) is 10.9. The van der Waals surface area contributed by atoms with Crippen molar-refractivity contribution in [3.8, 4) is 0 Å². The topological polar surface area (TPSA) is 17.1 Å². The summed E-state index contributed by atoms with van der Waals surface area (Å²) in [7, 11) is 0. The third-order valence-electron chi connectivity index (χ3n) is 2.97. The lowest BCUT2D eigenvalue weighted by Gasteiger charge is -2.32. The first kappa shape index (κ1) is 11.2. The standard InChI is InChI=1S/C13H20O/c1-10-6-5-9-13(3,4)12(10)8-7-11(2)14/h6,8H,5,7,9H2,1-4H3/b12-8+. The van der Waals surface area contributed by atoms with Crippen molar-refractivity contribution in [1.29, 1.82) is 0 Å². The van der Waals surface area contributed by atoms with Gasteiger partial charge in [-0.25, -0.2) is 0 Å². The Bertz CT molecular complexity index is 292. The molecule has 1 heteroatoms. The molecule has 0 saturated heterocycles. The first-order valence-electron chi connectivity index (χ1n) is 5.31. The molecule has 0 aromatic carbocycles. The Morgan fingerprint density at radius 3 is 2.71 bits per heavy atom. The summed E-state index contributed by atoms with van der Waals surface area (Å²) in [6, 6.07) is 0. The van der Waals surface area contributed by atoms with Gasteiger partial charge in [-0.2, -0.15) is 0 Å². The van der Waals surface area contributed by atoms with Gasteiger partial charge < -0.3 is 0 Å². The Labute approximate surface area is 86.9 Å². The van der Waals surface area contributed by atoms with E-state index in [1.807, 2.05) is 0 Å². The van der Waals surface area contributed by atoms with Crippen molar-refractivity contribution in [2.45, 2.75) is 47.0 Å². The molecule has 0 heterocycles. The van der Waals surface area contributed by atoms with Crippen LogP contribution in [0.3, 0.4) is 0 Å². The highest BCUT2D eigenvalue weighted by molar-refractivity contribution is 5.77. The maximum absolute atomic E-state index is 10.9. The molecule has 0 aromatic heterocycles. The van der Waals surface area contributed by atoms with Crippen LogP contribution >= 0.6 is 0 Å². The van der Waals surface area contributed by atoms with Gasteiger partial charge in [-0.15, -0.1) is 0 Å². The molecule has 1 rings (SSSR count). The van der Waals surface area contributed by atoms with Crippen LogP contribution in [0.1, 0.15) is 47.0 Å². The van der Waals surface area contributed by atoms with Gasteiger partial charge in [0, 0.05) is 6.42 Å². The molecule has 14 heavy (non-hydrogen) atoms. The van der Waals surface area contributed by atoms with E-state index in [-0.39, 0.29) is 11.2 Å². The second kappa shape index (κ2) is 4.12. The summed E-state index contributed by atoms with van der Waals surface area (Å²) < 4.78 is 0. The summed E-state index contributed by atoms with van der Waals surface area (Å²) in [5, 5.41) is 0. The summed E-state index contributed by atoms with van der Waals surface area (Å²) in [6.45, 7) is 8.31. The van der Waals surface area contributed by atoms with E-state index in [1.165, 1.54) is 17.6 Å². The van der Waals surface area contributed by atoms with Crippen LogP contribution < -0.4 is 0 Å². The van der Waals surface area contributed by atoms with E-state index in [4.69, 9.17) is 0 Å². The molecule has 0 atom stereocenters. The molecule has 0 N–H and O–H groups in total. The highest BCUT2D eigenvalue weighted by Gasteiger charge is 2.26. The molecule has 0 spiro atoms. The molecule has 1 aliphatic rings. The molecule has 0 fully saturated rings. The molecule has 1 nitrogen and oxygen atoms in total. The van der Waals surface area contributed by atoms with Crippen LogP contribution in [0.5, 0.6) is 0 Å². The van der Waals surface area contributed by atoms with Gasteiger partial charge in [0.1, 0.15) is 5.78 Å². The Hall–Kier alpha value is -0.850. The minimum Gasteiger partial charge on any atom is -0.300 e. The van der Waals surface area contributed by atoms with E-state index in [9.17, 15) is 4.79 Å². The molecule has 78 valence electrons. The molecule has 0 saturated carbocycles. The average Bonchev–Trinajstić information content (AvgIpc) is 2.01. The molecular weight excluding hydrogens is 172 g/mol. The van der Waals surface area contributed by atoms with Crippen LogP contribution in [0.15, 0.2) is 23.3 Å². The van der Waals surface area contributed by atoms with Crippen LogP contribution in [0, 0.1) is 5.41 Å². The number of hydrogen-bond acceptors (Lipinski definition) is 1. The number of ketones is 1. The van der Waals surface area contributed by atoms with E-state index in [0.717, 1.165) is 6.42 Å². The van der Waals surface area contributed by atoms with Crippen LogP contribution in [0.2, 0.25) is 0 Å². The van der Waals surface area contributed by atoms with E-state index < -0.39 is 0 Å². The van der Waals surface area contributed by atoms with Crippen molar-refractivity contribution >= 4 is 5.78 Å². The third-order valence-corrected chi connectivity index (χ3v) is 2.97. The second-order valence-corrected chi connectivity index (χ2v) is 4.83. The van der Waals surface area contributed by atoms with Gasteiger partial charge in [-0.3, -0.25) is 4.79 Å². The van der Waals surface area contributed by atoms with E-state index in [2.05, 4.69) is 32.9 Å². The van der Waals surface area contributed by atoms with Crippen LogP contribution in [0.25, 0.3) is 0 Å². The van der Waals surface area contributed by atoms with Gasteiger partial charge in [0.15, 0.2) is 0 Å². The Kier molecular flexibility index (Phi) is 3.30. The zero-order valence-electron chi connectivity index (χ0n) is 9.68. The Morgan fingerprint density at radius 1 is 1.57 bits per heavy atom. The summed E-state index contributed by atoms with van der Waals surface area (Å²) in [6.07, 6.45) is 7.30.